The number of carbonyl (C=O) groups is 1. The maximum Gasteiger partial charge on any atom is 0.270 e. The zero-order valence-electron chi connectivity index (χ0n) is 13.8. The first-order chi connectivity index (χ1) is 12.5. The highest BCUT2D eigenvalue weighted by Crippen LogP contribution is 2.33. The molecule has 0 amide bonds. The van der Waals surface area contributed by atoms with E-state index >= 15 is 0 Å². The molecule has 0 radical (unpaired) electrons. The van der Waals surface area contributed by atoms with Crippen LogP contribution in [0.4, 0.5) is 11.4 Å². The van der Waals surface area contributed by atoms with Crippen LogP contribution in [-0.4, -0.2) is 15.7 Å². The maximum atomic E-state index is 13.0. The van der Waals surface area contributed by atoms with Gasteiger partial charge in [-0.15, -0.1) is 0 Å². The molecule has 0 spiro atoms. The number of para-hydroxylation sites is 1. The molecule has 1 aliphatic rings. The van der Waals surface area contributed by atoms with Crippen molar-refractivity contribution in [1.82, 2.24) is 4.98 Å². The van der Waals surface area contributed by atoms with Crippen molar-refractivity contribution in [3.8, 4) is 0 Å². The minimum absolute atomic E-state index is 0.00446. The average molecular weight is 345 g/mol. The highest BCUT2D eigenvalue weighted by Gasteiger charge is 2.27. The number of nitro benzene ring substituents is 1. The number of Topliss-reactive ketones (excluding diaryl/α,β-unsaturated/α-hetero) is 1. The molecule has 0 saturated heterocycles. The number of nitrogens with two attached hydrogens (primary N) is 1. The van der Waals surface area contributed by atoms with E-state index in [0.29, 0.717) is 40.9 Å². The molecule has 1 aliphatic carbocycles. The fraction of sp³-hybridized carbons (Fsp3) is 0.100. The van der Waals surface area contributed by atoms with Gasteiger partial charge in [0.05, 0.1) is 27.4 Å². The van der Waals surface area contributed by atoms with Crippen molar-refractivity contribution in [2.75, 3.05) is 5.73 Å². The monoisotopic (exact) mass is 345 g/mol. The number of nitrogens with zero attached hydrogens (tertiary/aromatic N) is 2. The first-order valence-electron chi connectivity index (χ1n) is 8.21. The summed E-state index contributed by atoms with van der Waals surface area (Å²) in [6.45, 7) is 0. The van der Waals surface area contributed by atoms with E-state index in [4.69, 9.17) is 5.73 Å². The molecule has 6 nitrogen and oxygen atoms in total. The predicted octanol–water partition coefficient (Wildman–Crippen LogP) is 3.94. The molecule has 0 atom stereocenters. The number of aromatic nitrogens is 1. The third kappa shape index (κ3) is 2.61. The summed E-state index contributed by atoms with van der Waals surface area (Å²) in [5.41, 5.74) is 9.86. The molecule has 26 heavy (non-hydrogen) atoms. The number of nitrogen functional groups attached to an aromatic ring is 1. The molecule has 0 fully saturated rings. The van der Waals surface area contributed by atoms with Gasteiger partial charge in [0.25, 0.3) is 5.69 Å². The number of hydrogen-bond acceptors (Lipinski definition) is 5. The number of non-ortho nitro benzene ring substituents is 1. The number of rotatable bonds is 2. The molecule has 0 saturated carbocycles. The second-order valence-electron chi connectivity index (χ2n) is 6.22. The molecular formula is C20H15N3O3. The summed E-state index contributed by atoms with van der Waals surface area (Å²) in [5.74, 6) is -0.159. The number of aryl methyl sites for hydroxylation is 1. The van der Waals surface area contributed by atoms with Crippen LogP contribution in [0.15, 0.2) is 54.1 Å². The summed E-state index contributed by atoms with van der Waals surface area (Å²) in [7, 11) is 0. The first-order valence-corrected chi connectivity index (χ1v) is 8.21. The van der Waals surface area contributed by atoms with E-state index in [-0.39, 0.29) is 11.5 Å². The fourth-order valence-corrected chi connectivity index (χ4v) is 3.32. The Kier molecular flexibility index (Phi) is 3.73. The van der Waals surface area contributed by atoms with Crippen LogP contribution in [0.3, 0.4) is 0 Å². The Morgan fingerprint density at radius 1 is 1.12 bits per heavy atom. The fourth-order valence-electron chi connectivity index (χ4n) is 3.32. The van der Waals surface area contributed by atoms with Crippen molar-refractivity contribution in [2.45, 2.75) is 12.8 Å². The third-order valence-electron chi connectivity index (χ3n) is 4.58. The summed E-state index contributed by atoms with van der Waals surface area (Å²) in [4.78, 5) is 28.1. The van der Waals surface area contributed by atoms with Gasteiger partial charge >= 0.3 is 0 Å². The van der Waals surface area contributed by atoms with Gasteiger partial charge < -0.3 is 5.73 Å². The minimum Gasteiger partial charge on any atom is -0.398 e. The lowest BCUT2D eigenvalue weighted by Gasteiger charge is -2.20. The number of ketones is 1. The van der Waals surface area contributed by atoms with Crippen molar-refractivity contribution in [3.63, 3.8) is 0 Å². The van der Waals surface area contributed by atoms with Crippen molar-refractivity contribution in [1.29, 1.82) is 0 Å². The Balaban J connectivity index is 1.80. The molecular weight excluding hydrogens is 330 g/mol. The Morgan fingerprint density at radius 2 is 1.92 bits per heavy atom. The summed E-state index contributed by atoms with van der Waals surface area (Å²) < 4.78 is 0. The Labute approximate surface area is 149 Å². The standard InChI is InChI=1S/C20H15N3O3/c21-19-15-6-1-2-7-16(15)22-17-9-8-13(20(24)18(17)19)10-12-4-3-5-14(11-12)23(25)26/h1-7,10-11H,8-9H2,(H2,21,22)/b13-10+. The number of carbonyl (C=O) groups excluding carboxylic acids is 1. The minimum atomic E-state index is -0.450. The predicted molar refractivity (Wildman–Crippen MR) is 99.9 cm³/mol. The van der Waals surface area contributed by atoms with Crippen LogP contribution < -0.4 is 5.73 Å². The lowest BCUT2D eigenvalue weighted by molar-refractivity contribution is -0.384. The lowest BCUT2D eigenvalue weighted by atomic mass is 9.87. The van der Waals surface area contributed by atoms with Crippen LogP contribution in [0, 0.1) is 10.1 Å². The molecule has 4 rings (SSSR count). The number of allylic oxidation sites excluding steroid dienone is 1. The van der Waals surface area contributed by atoms with Gasteiger partial charge in [0.1, 0.15) is 0 Å². The van der Waals surface area contributed by atoms with E-state index in [0.717, 1.165) is 10.9 Å². The van der Waals surface area contributed by atoms with E-state index < -0.39 is 4.92 Å². The Morgan fingerprint density at radius 3 is 2.73 bits per heavy atom. The Bertz CT molecular complexity index is 1100. The number of anilines is 1. The summed E-state index contributed by atoms with van der Waals surface area (Å²) >= 11 is 0. The van der Waals surface area contributed by atoms with Crippen LogP contribution >= 0.6 is 0 Å². The van der Waals surface area contributed by atoms with E-state index in [1.54, 1.807) is 18.2 Å². The molecule has 0 aliphatic heterocycles. The van der Waals surface area contributed by atoms with Gasteiger partial charge in [0.15, 0.2) is 5.78 Å². The molecule has 1 heterocycles. The summed E-state index contributed by atoms with van der Waals surface area (Å²) in [5, 5.41) is 11.7. The van der Waals surface area contributed by atoms with E-state index in [2.05, 4.69) is 4.98 Å². The zero-order valence-corrected chi connectivity index (χ0v) is 13.8. The zero-order chi connectivity index (χ0) is 18.3. The molecule has 0 bridgehead atoms. The Hall–Kier alpha value is -3.54. The van der Waals surface area contributed by atoms with Crippen molar-refractivity contribution >= 4 is 34.1 Å². The number of pyridine rings is 1. The number of hydrogen-bond donors (Lipinski definition) is 1. The lowest BCUT2D eigenvalue weighted by Crippen LogP contribution is -2.18. The molecule has 0 unspecified atom stereocenters. The van der Waals surface area contributed by atoms with Crippen molar-refractivity contribution in [3.05, 3.63) is 81.0 Å². The number of benzene rings is 2. The first kappa shape index (κ1) is 16.0. The van der Waals surface area contributed by atoms with Crippen LogP contribution in [-0.2, 0) is 6.42 Å². The van der Waals surface area contributed by atoms with E-state index in [9.17, 15) is 14.9 Å². The van der Waals surface area contributed by atoms with Gasteiger partial charge in [-0.1, -0.05) is 30.3 Å². The van der Waals surface area contributed by atoms with Gasteiger partial charge in [-0.3, -0.25) is 19.9 Å². The van der Waals surface area contributed by atoms with E-state index in [1.807, 2.05) is 24.3 Å². The van der Waals surface area contributed by atoms with Gasteiger partial charge in [-0.25, -0.2) is 0 Å². The van der Waals surface area contributed by atoms with Gasteiger partial charge in [0, 0.05) is 23.1 Å². The van der Waals surface area contributed by atoms with Crippen LogP contribution in [0.25, 0.3) is 17.0 Å². The van der Waals surface area contributed by atoms with Crippen LogP contribution in [0.2, 0.25) is 0 Å². The van der Waals surface area contributed by atoms with Crippen molar-refractivity contribution in [2.24, 2.45) is 0 Å². The van der Waals surface area contributed by atoms with Gasteiger partial charge in [0.2, 0.25) is 0 Å². The SMILES string of the molecule is Nc1c2c(nc3ccccc13)CC/C(=C\c1cccc([N+](=O)[O-])c1)C2=O. The third-order valence-corrected chi connectivity index (χ3v) is 4.58. The van der Waals surface area contributed by atoms with Crippen molar-refractivity contribution < 1.29 is 9.72 Å². The molecule has 3 aromatic rings. The summed E-state index contributed by atoms with van der Waals surface area (Å²) in [6.07, 6.45) is 2.84. The van der Waals surface area contributed by atoms with Crippen LogP contribution in [0.1, 0.15) is 28.0 Å². The van der Waals surface area contributed by atoms with Crippen LogP contribution in [0.5, 0.6) is 0 Å². The van der Waals surface area contributed by atoms with E-state index in [1.165, 1.54) is 12.1 Å². The van der Waals surface area contributed by atoms with Gasteiger partial charge in [-0.2, -0.15) is 0 Å². The number of fused-ring (bicyclic) bond motifs is 2. The maximum absolute atomic E-state index is 13.0. The normalized spacial score (nSPS) is 15.2. The van der Waals surface area contributed by atoms with Gasteiger partial charge in [-0.05, 0) is 30.5 Å². The average Bonchev–Trinajstić information content (AvgIpc) is 2.64. The smallest absolute Gasteiger partial charge is 0.270 e. The molecule has 6 heteroatoms. The highest BCUT2D eigenvalue weighted by molar-refractivity contribution is 6.18. The molecule has 1 aromatic heterocycles. The largest absolute Gasteiger partial charge is 0.398 e. The molecule has 128 valence electrons. The molecule has 2 N–H and O–H groups in total. The topological polar surface area (TPSA) is 99.1 Å². The second-order valence-corrected chi connectivity index (χ2v) is 6.22. The summed E-state index contributed by atoms with van der Waals surface area (Å²) in [6, 6.07) is 13.7. The number of nitro groups is 1. The quantitative estimate of drug-likeness (QED) is 0.431. The molecule has 2 aromatic carbocycles. The second kappa shape index (κ2) is 6.07. The highest BCUT2D eigenvalue weighted by atomic mass is 16.6.